The fourth-order valence-electron chi connectivity index (χ4n) is 6.14. The molecule has 1 atom stereocenters. The number of rotatable bonds is 14. The number of nitrogens with zero attached hydrogens (tertiary/aromatic N) is 7. The van der Waals surface area contributed by atoms with Crippen LogP contribution >= 0.6 is 11.6 Å². The molecule has 1 aromatic heterocycles. The fourth-order valence-corrected chi connectivity index (χ4v) is 6.26. The minimum Gasteiger partial charge on any atom is -0.434 e. The Morgan fingerprint density at radius 1 is 1.14 bits per heavy atom. The number of likely N-dealkylation sites (N-methyl/N-ethyl adjacent to an activating group) is 1. The van der Waals surface area contributed by atoms with Crippen molar-refractivity contribution < 1.29 is 18.7 Å². The second kappa shape index (κ2) is 14.5. The maximum atomic E-state index is 14.2. The molecule has 1 spiro atoms. The molecule has 10 nitrogen and oxygen atoms in total. The van der Waals surface area contributed by atoms with E-state index in [0.29, 0.717) is 17.8 Å². The normalized spacial score (nSPS) is 17.3. The third-order valence-electron chi connectivity index (χ3n) is 8.86. The number of carbonyl (C=O) groups excluding carboxylic acids is 1. The molecule has 0 aliphatic carbocycles. The van der Waals surface area contributed by atoms with E-state index < -0.39 is 5.82 Å². The van der Waals surface area contributed by atoms with Crippen LogP contribution in [0.15, 0.2) is 18.2 Å². The summed E-state index contributed by atoms with van der Waals surface area (Å²) in [5, 5.41) is 8.12. The third-order valence-corrected chi connectivity index (χ3v) is 9.02. The highest BCUT2D eigenvalue weighted by molar-refractivity contribution is 6.28. The van der Waals surface area contributed by atoms with Gasteiger partial charge in [-0.25, -0.2) is 4.39 Å². The van der Waals surface area contributed by atoms with Gasteiger partial charge in [-0.3, -0.25) is 9.69 Å². The Morgan fingerprint density at radius 2 is 1.88 bits per heavy atom. The molecule has 2 aliphatic rings. The second-order valence-electron chi connectivity index (χ2n) is 12.8. The van der Waals surface area contributed by atoms with Crippen molar-refractivity contribution in [1.29, 1.82) is 0 Å². The average Bonchev–Trinajstić information content (AvgIpc) is 3.40. The van der Waals surface area contributed by atoms with E-state index in [2.05, 4.69) is 50.8 Å². The summed E-state index contributed by atoms with van der Waals surface area (Å²) in [6, 6.07) is 4.35. The molecular weight excluding hydrogens is 573 g/mol. The van der Waals surface area contributed by atoms with Gasteiger partial charge in [-0.2, -0.15) is 4.98 Å². The molecule has 0 radical (unpaired) electrons. The molecule has 1 amide bonds. The van der Waals surface area contributed by atoms with Crippen molar-refractivity contribution >= 4 is 23.3 Å². The van der Waals surface area contributed by atoms with Gasteiger partial charge in [-0.15, -0.1) is 10.2 Å². The van der Waals surface area contributed by atoms with Crippen molar-refractivity contribution in [2.45, 2.75) is 59.0 Å². The predicted octanol–water partition coefficient (Wildman–Crippen LogP) is 4.83. The van der Waals surface area contributed by atoms with Gasteiger partial charge in [0.25, 0.3) is 11.8 Å². The van der Waals surface area contributed by atoms with Gasteiger partial charge < -0.3 is 24.2 Å². The first kappa shape index (κ1) is 33.3. The summed E-state index contributed by atoms with van der Waals surface area (Å²) in [6.07, 6.45) is 3.35. The Morgan fingerprint density at radius 3 is 2.56 bits per heavy atom. The quantitative estimate of drug-likeness (QED) is 0.295. The van der Waals surface area contributed by atoms with Crippen molar-refractivity contribution in [2.24, 2.45) is 11.3 Å². The van der Waals surface area contributed by atoms with E-state index >= 15 is 0 Å². The number of hydrogen-bond donors (Lipinski definition) is 0. The first-order valence-electron chi connectivity index (χ1n) is 15.2. The average molecular weight is 620 g/mol. The number of halogens is 2. The Labute approximate surface area is 260 Å². The highest BCUT2D eigenvalue weighted by Crippen LogP contribution is 2.45. The lowest BCUT2D eigenvalue weighted by Gasteiger charge is -2.53. The van der Waals surface area contributed by atoms with Gasteiger partial charge in [0, 0.05) is 64.4 Å². The first-order chi connectivity index (χ1) is 20.4. The minimum absolute atomic E-state index is 0.0174. The molecule has 238 valence electrons. The first-order valence-corrected chi connectivity index (χ1v) is 15.6. The number of ether oxygens (including phenoxy) is 2. The van der Waals surface area contributed by atoms with Crippen molar-refractivity contribution in [1.82, 2.24) is 29.9 Å². The molecule has 2 fully saturated rings. The summed E-state index contributed by atoms with van der Waals surface area (Å²) in [6.45, 7) is 14.8. The zero-order valence-electron chi connectivity index (χ0n) is 26.6. The summed E-state index contributed by atoms with van der Waals surface area (Å²) in [4.78, 5) is 26.3. The SMILES string of the molecule is COCCN(C)CCC[C@H](C(C)C)N1CC2(CCN(c3nc(Cl)nnc3Oc3ccc(F)cc3C(=O)N(C)C(C)C)C2)C1. The summed E-state index contributed by atoms with van der Waals surface area (Å²) < 4.78 is 25.5. The highest BCUT2D eigenvalue weighted by Gasteiger charge is 2.50. The molecule has 2 aliphatic heterocycles. The lowest BCUT2D eigenvalue weighted by Crippen LogP contribution is -2.62. The summed E-state index contributed by atoms with van der Waals surface area (Å²) in [5.74, 6) is 0.512. The van der Waals surface area contributed by atoms with Crippen molar-refractivity contribution in [3.63, 3.8) is 0 Å². The molecule has 4 rings (SSSR count). The zero-order valence-corrected chi connectivity index (χ0v) is 27.4. The number of amides is 1. The predicted molar refractivity (Wildman–Crippen MR) is 167 cm³/mol. The molecule has 1 aromatic carbocycles. The third kappa shape index (κ3) is 8.12. The van der Waals surface area contributed by atoms with E-state index in [1.807, 2.05) is 13.8 Å². The van der Waals surface area contributed by atoms with Gasteiger partial charge >= 0.3 is 0 Å². The molecule has 0 saturated carbocycles. The Kier molecular flexibility index (Phi) is 11.2. The van der Waals surface area contributed by atoms with Gasteiger partial charge in [0.15, 0.2) is 5.82 Å². The van der Waals surface area contributed by atoms with Gasteiger partial charge in [0.2, 0.25) is 5.28 Å². The van der Waals surface area contributed by atoms with Gasteiger partial charge in [0.1, 0.15) is 11.6 Å². The molecule has 2 aromatic rings. The number of methoxy groups -OCH3 is 1. The molecule has 3 heterocycles. The van der Waals surface area contributed by atoms with Gasteiger partial charge in [-0.1, -0.05) is 13.8 Å². The number of carbonyl (C=O) groups is 1. The van der Waals surface area contributed by atoms with E-state index in [1.165, 1.54) is 29.5 Å². The topological polar surface area (TPSA) is 87.2 Å². The van der Waals surface area contributed by atoms with Crippen LogP contribution in [0, 0.1) is 17.2 Å². The standard InChI is InChI=1S/C31H47ClFN7O3/c1-21(2)25(9-8-13-37(5)15-16-42-7)40-19-31(20-40)12-14-39(18-31)27-28(35-36-30(32)34-27)43-26-11-10-23(33)17-24(26)29(41)38(6)22(3)4/h10-11,17,21-22,25H,8-9,12-16,18-20H2,1-7H3/t25-/m1/s1. The lowest BCUT2D eigenvalue weighted by molar-refractivity contribution is -0.0345. The minimum atomic E-state index is -0.526. The fraction of sp³-hybridized carbons (Fsp3) is 0.677. The van der Waals surface area contributed by atoms with Crippen LogP contribution in [0.3, 0.4) is 0 Å². The zero-order chi connectivity index (χ0) is 31.3. The maximum absolute atomic E-state index is 14.2. The van der Waals surface area contributed by atoms with Crippen molar-refractivity contribution in [3.05, 3.63) is 34.9 Å². The smallest absolute Gasteiger partial charge is 0.282 e. The molecule has 43 heavy (non-hydrogen) atoms. The van der Waals surface area contributed by atoms with Crippen LogP contribution in [-0.2, 0) is 4.74 Å². The summed E-state index contributed by atoms with van der Waals surface area (Å²) in [7, 11) is 5.57. The van der Waals surface area contributed by atoms with Crippen molar-refractivity contribution in [2.75, 3.05) is 72.0 Å². The Hall–Kier alpha value is -2.60. The molecule has 2 saturated heterocycles. The van der Waals surface area contributed by atoms with Crippen LogP contribution < -0.4 is 9.64 Å². The monoisotopic (exact) mass is 619 g/mol. The maximum Gasteiger partial charge on any atom is 0.282 e. The van der Waals surface area contributed by atoms with Crippen LogP contribution in [0.25, 0.3) is 0 Å². The highest BCUT2D eigenvalue weighted by atomic mass is 35.5. The number of anilines is 1. The molecule has 12 heteroatoms. The summed E-state index contributed by atoms with van der Waals surface area (Å²) >= 11 is 6.20. The summed E-state index contributed by atoms with van der Waals surface area (Å²) in [5.41, 5.74) is 0.268. The van der Waals surface area contributed by atoms with Gasteiger partial charge in [0.05, 0.1) is 12.2 Å². The van der Waals surface area contributed by atoms with E-state index in [9.17, 15) is 9.18 Å². The van der Waals surface area contributed by atoms with Crippen LogP contribution in [0.2, 0.25) is 5.28 Å². The van der Waals surface area contributed by atoms with E-state index in [4.69, 9.17) is 21.1 Å². The molecule has 0 N–H and O–H groups in total. The van der Waals surface area contributed by atoms with Crippen molar-refractivity contribution in [3.8, 4) is 11.6 Å². The largest absolute Gasteiger partial charge is 0.434 e. The number of benzene rings is 1. The molecular formula is C31H47ClFN7O3. The number of likely N-dealkylation sites (tertiary alicyclic amines) is 1. The van der Waals surface area contributed by atoms with Crippen LogP contribution in [0.5, 0.6) is 11.6 Å². The lowest BCUT2D eigenvalue weighted by atomic mass is 9.76. The van der Waals surface area contributed by atoms with Crippen LogP contribution in [0.4, 0.5) is 10.2 Å². The Bertz CT molecular complexity index is 1240. The second-order valence-corrected chi connectivity index (χ2v) is 13.1. The number of aromatic nitrogens is 3. The molecule has 0 bridgehead atoms. The van der Waals surface area contributed by atoms with Crippen LogP contribution in [0.1, 0.15) is 57.3 Å². The van der Waals surface area contributed by atoms with Crippen LogP contribution in [-0.4, -0.2) is 115 Å². The van der Waals surface area contributed by atoms with E-state index in [-0.39, 0.29) is 39.8 Å². The Balaban J connectivity index is 1.44. The molecule has 0 unspecified atom stereocenters. The number of hydrogen-bond acceptors (Lipinski definition) is 9. The van der Waals surface area contributed by atoms with Gasteiger partial charge in [-0.05, 0) is 82.4 Å². The van der Waals surface area contributed by atoms with E-state index in [1.54, 1.807) is 14.2 Å². The van der Waals surface area contributed by atoms with E-state index in [0.717, 1.165) is 58.7 Å².